The van der Waals surface area contributed by atoms with E-state index in [0.29, 0.717) is 10.8 Å². The minimum absolute atomic E-state index is 0.00401. The molecule has 2 aromatic rings. The smallest absolute Gasteiger partial charge is 0.244 e. The molecule has 2 unspecified atom stereocenters. The number of aromatic nitrogens is 2. The lowest BCUT2D eigenvalue weighted by molar-refractivity contribution is -0.117. The Labute approximate surface area is 160 Å². The molecule has 140 valence electrons. The molecule has 7 nitrogen and oxygen atoms in total. The number of nitrogens with one attached hydrogen (secondary N) is 1. The Hall–Kier alpha value is -1.42. The molecule has 0 aromatic carbocycles. The third kappa shape index (κ3) is 3.53. The van der Waals surface area contributed by atoms with E-state index in [1.165, 1.54) is 17.4 Å². The van der Waals surface area contributed by atoms with Crippen LogP contribution in [0.2, 0.25) is 5.15 Å². The molecule has 0 spiro atoms. The third-order valence-corrected chi connectivity index (χ3v) is 7.66. The number of fused-ring (bicyclic) bond motifs is 1. The van der Waals surface area contributed by atoms with E-state index in [9.17, 15) is 13.2 Å². The van der Waals surface area contributed by atoms with Crippen LogP contribution in [0.25, 0.3) is 11.0 Å². The second-order valence-corrected chi connectivity index (χ2v) is 10.1. The predicted molar refractivity (Wildman–Crippen MR) is 102 cm³/mol. The average molecular weight is 415 g/mol. The summed E-state index contributed by atoms with van der Waals surface area (Å²) in [5.41, 5.74) is 0.633. The number of hydrogen-bond donors (Lipinski definition) is 1. The van der Waals surface area contributed by atoms with E-state index in [0.717, 1.165) is 30.9 Å². The number of rotatable bonds is 4. The molecular formula is C16H19ClN4O3S2. The van der Waals surface area contributed by atoms with E-state index in [1.54, 1.807) is 6.08 Å². The highest BCUT2D eigenvalue weighted by molar-refractivity contribution is 7.91. The third-order valence-electron chi connectivity index (χ3n) is 4.91. The highest BCUT2D eigenvalue weighted by Crippen LogP contribution is 2.24. The number of carbonyl (C=O) groups is 1. The van der Waals surface area contributed by atoms with Crippen molar-refractivity contribution in [1.29, 1.82) is 0 Å². The van der Waals surface area contributed by atoms with Gasteiger partial charge in [-0.3, -0.25) is 14.1 Å². The number of hydrogen-bond acceptors (Lipinski definition) is 6. The summed E-state index contributed by atoms with van der Waals surface area (Å²) in [4.78, 5) is 19.5. The van der Waals surface area contributed by atoms with Gasteiger partial charge in [-0.1, -0.05) is 11.6 Å². The van der Waals surface area contributed by atoms with Crippen molar-refractivity contribution in [1.82, 2.24) is 19.6 Å². The van der Waals surface area contributed by atoms with Gasteiger partial charge in [-0.25, -0.2) is 13.4 Å². The van der Waals surface area contributed by atoms with Crippen molar-refractivity contribution in [2.75, 3.05) is 24.6 Å². The lowest BCUT2D eigenvalue weighted by Crippen LogP contribution is -2.49. The van der Waals surface area contributed by atoms with E-state index in [1.807, 2.05) is 16.0 Å². The highest BCUT2D eigenvalue weighted by Gasteiger charge is 2.42. The highest BCUT2D eigenvalue weighted by atomic mass is 35.5. The Kier molecular flexibility index (Phi) is 4.81. The summed E-state index contributed by atoms with van der Waals surface area (Å²) in [5, 5.41) is 5.09. The topological polar surface area (TPSA) is 83.8 Å². The molecule has 10 heteroatoms. The van der Waals surface area contributed by atoms with Crippen molar-refractivity contribution < 1.29 is 13.2 Å². The molecule has 0 radical (unpaired) electrons. The predicted octanol–water partition coefficient (Wildman–Crippen LogP) is 1.44. The molecule has 2 fully saturated rings. The quantitative estimate of drug-likeness (QED) is 0.765. The Morgan fingerprint density at radius 2 is 2.12 bits per heavy atom. The van der Waals surface area contributed by atoms with Gasteiger partial charge in [-0.2, -0.15) is 0 Å². The second kappa shape index (κ2) is 6.95. The van der Waals surface area contributed by atoms with E-state index < -0.39 is 9.84 Å². The summed E-state index contributed by atoms with van der Waals surface area (Å²) in [7, 11) is -3.13. The molecule has 0 saturated carbocycles. The number of nitrogens with zero attached hydrogens (tertiary/aromatic N) is 3. The lowest BCUT2D eigenvalue weighted by atomic mass is 10.1. The molecule has 0 aliphatic carbocycles. The van der Waals surface area contributed by atoms with Gasteiger partial charge in [-0.05, 0) is 32.0 Å². The molecular weight excluding hydrogens is 396 g/mol. The minimum atomic E-state index is -3.13. The van der Waals surface area contributed by atoms with Gasteiger partial charge < -0.3 is 5.32 Å². The SMILES string of the molecule is O=C(/C=C/c1c(Cl)nc2sccn12)NC1CS(=O)(=O)CC1N1CCCC1. The number of amides is 1. The molecule has 2 aromatic heterocycles. The minimum Gasteiger partial charge on any atom is -0.347 e. The van der Waals surface area contributed by atoms with Gasteiger partial charge in [0.25, 0.3) is 0 Å². The first kappa shape index (κ1) is 18.0. The monoisotopic (exact) mass is 414 g/mol. The van der Waals surface area contributed by atoms with Gasteiger partial charge >= 0.3 is 0 Å². The zero-order valence-corrected chi connectivity index (χ0v) is 16.4. The molecule has 1 amide bonds. The largest absolute Gasteiger partial charge is 0.347 e. The molecule has 0 bridgehead atoms. The lowest BCUT2D eigenvalue weighted by Gasteiger charge is -2.28. The van der Waals surface area contributed by atoms with Crippen LogP contribution < -0.4 is 5.32 Å². The van der Waals surface area contributed by atoms with Crippen LogP contribution in [-0.4, -0.2) is 65.3 Å². The van der Waals surface area contributed by atoms with Crippen LogP contribution in [0, 0.1) is 0 Å². The zero-order chi connectivity index (χ0) is 18.3. The Morgan fingerprint density at radius 3 is 2.88 bits per heavy atom. The molecule has 2 saturated heterocycles. The first-order valence-electron chi connectivity index (χ1n) is 8.47. The Bertz CT molecular complexity index is 959. The maximum Gasteiger partial charge on any atom is 0.244 e. The fourth-order valence-corrected chi connectivity index (χ4v) is 6.67. The van der Waals surface area contributed by atoms with Gasteiger partial charge in [0.1, 0.15) is 0 Å². The molecule has 26 heavy (non-hydrogen) atoms. The van der Waals surface area contributed by atoms with Gasteiger partial charge in [0.05, 0.1) is 23.2 Å². The number of thiazole rings is 1. The molecule has 1 N–H and O–H groups in total. The van der Waals surface area contributed by atoms with Crippen molar-refractivity contribution in [3.8, 4) is 0 Å². The summed E-state index contributed by atoms with van der Waals surface area (Å²) in [6.07, 6.45) is 6.99. The number of sulfone groups is 1. The van der Waals surface area contributed by atoms with E-state index in [-0.39, 0.29) is 29.5 Å². The first-order chi connectivity index (χ1) is 12.4. The normalized spacial score (nSPS) is 26.2. The van der Waals surface area contributed by atoms with Crippen molar-refractivity contribution in [2.24, 2.45) is 0 Å². The van der Waals surface area contributed by atoms with Crippen molar-refractivity contribution >= 4 is 49.7 Å². The van der Waals surface area contributed by atoms with E-state index >= 15 is 0 Å². The standard InChI is InChI=1S/C16H19ClN4O3S2/c17-15-12(21-7-8-25-16(21)19-15)3-4-14(22)18-11-9-26(23,24)10-13(11)20-5-1-2-6-20/h3-4,7-8,11,13H,1-2,5-6,9-10H2,(H,18,22)/b4-3+. The van der Waals surface area contributed by atoms with Gasteiger partial charge in [0, 0.05) is 23.7 Å². The van der Waals surface area contributed by atoms with E-state index in [4.69, 9.17) is 11.6 Å². The molecule has 2 atom stereocenters. The summed E-state index contributed by atoms with van der Waals surface area (Å²) >= 11 is 7.57. The van der Waals surface area contributed by atoms with Crippen LogP contribution in [0.3, 0.4) is 0 Å². The van der Waals surface area contributed by atoms with Gasteiger partial charge in [0.2, 0.25) is 5.91 Å². The zero-order valence-electron chi connectivity index (χ0n) is 14.0. The summed E-state index contributed by atoms with van der Waals surface area (Å²) < 4.78 is 26.0. The number of likely N-dealkylation sites (tertiary alicyclic amines) is 1. The van der Waals surface area contributed by atoms with Crippen LogP contribution >= 0.6 is 22.9 Å². The summed E-state index contributed by atoms with van der Waals surface area (Å²) in [5.74, 6) is -0.209. The fourth-order valence-electron chi connectivity index (χ4n) is 3.71. The van der Waals surface area contributed by atoms with Crippen molar-refractivity contribution in [3.63, 3.8) is 0 Å². The van der Waals surface area contributed by atoms with Crippen LogP contribution in [-0.2, 0) is 14.6 Å². The van der Waals surface area contributed by atoms with Crippen molar-refractivity contribution in [3.05, 3.63) is 28.5 Å². The molecule has 2 aliphatic heterocycles. The Morgan fingerprint density at radius 1 is 1.35 bits per heavy atom. The molecule has 4 heterocycles. The van der Waals surface area contributed by atoms with Gasteiger partial charge in [-0.15, -0.1) is 11.3 Å². The van der Waals surface area contributed by atoms with Crippen LogP contribution in [0.15, 0.2) is 17.7 Å². The summed E-state index contributed by atoms with van der Waals surface area (Å²) in [6.45, 7) is 1.79. The summed E-state index contributed by atoms with van der Waals surface area (Å²) in [6, 6.07) is -0.515. The second-order valence-electron chi connectivity index (χ2n) is 6.68. The number of halogens is 1. The Balaban J connectivity index is 1.48. The van der Waals surface area contributed by atoms with Crippen molar-refractivity contribution in [2.45, 2.75) is 24.9 Å². The fraction of sp³-hybridized carbons (Fsp3) is 0.500. The number of imidazole rings is 1. The van der Waals surface area contributed by atoms with Crippen LogP contribution in [0.4, 0.5) is 0 Å². The maximum absolute atomic E-state index is 12.4. The molecule has 2 aliphatic rings. The average Bonchev–Trinajstić information content (AvgIpc) is 3.30. The van der Waals surface area contributed by atoms with Crippen LogP contribution in [0.5, 0.6) is 0 Å². The maximum atomic E-state index is 12.4. The van der Waals surface area contributed by atoms with Crippen LogP contribution in [0.1, 0.15) is 18.5 Å². The van der Waals surface area contributed by atoms with Gasteiger partial charge in [0.15, 0.2) is 20.0 Å². The number of carbonyl (C=O) groups excluding carboxylic acids is 1. The first-order valence-corrected chi connectivity index (χ1v) is 11.5. The molecule has 4 rings (SSSR count). The van der Waals surface area contributed by atoms with E-state index in [2.05, 4.69) is 15.2 Å².